The molecule has 0 saturated heterocycles. The smallest absolute Gasteiger partial charge is 0.290 e. The quantitative estimate of drug-likeness (QED) is 0.468. The number of hydrogen-bond donors (Lipinski definition) is 1. The number of aliphatic hydroxyl groups excluding tert-OH is 1. The van der Waals surface area contributed by atoms with Crippen molar-refractivity contribution in [2.45, 2.75) is 45.1 Å². The zero-order valence-electron chi connectivity index (χ0n) is 18.4. The minimum Gasteiger partial charge on any atom is -0.494 e. The summed E-state index contributed by atoms with van der Waals surface area (Å²) in [5, 5.41) is 9.79. The fraction of sp³-hybridized carbons (Fsp3) is 0.385. The van der Waals surface area contributed by atoms with Crippen LogP contribution in [0.25, 0.3) is 11.0 Å². The fourth-order valence-electron chi connectivity index (χ4n) is 4.25. The molecule has 0 saturated carbocycles. The summed E-state index contributed by atoms with van der Waals surface area (Å²) in [6, 6.07) is 14.0. The molecule has 4 rings (SSSR count). The highest BCUT2D eigenvalue weighted by Gasteiger charge is 2.42. The van der Waals surface area contributed by atoms with Gasteiger partial charge in [0.05, 0.1) is 23.6 Å². The number of benzene rings is 2. The van der Waals surface area contributed by atoms with E-state index in [-0.39, 0.29) is 23.7 Å². The summed E-state index contributed by atoms with van der Waals surface area (Å²) in [5.74, 6) is 0.535. The van der Waals surface area contributed by atoms with Gasteiger partial charge in [0.1, 0.15) is 11.3 Å². The summed E-state index contributed by atoms with van der Waals surface area (Å²) in [6.45, 7) is 3.14. The Morgan fingerprint density at radius 1 is 1.00 bits per heavy atom. The SMILES string of the molecule is CCCCCCOc1ccc([C@H]2c3c(oc4ccccc4c3=O)C(=O)N2CCCO)cc1. The predicted octanol–water partition coefficient (Wildman–Crippen LogP) is 4.68. The van der Waals surface area contributed by atoms with Crippen LogP contribution in [0, 0.1) is 0 Å². The molecule has 6 heteroatoms. The third-order valence-electron chi connectivity index (χ3n) is 5.89. The van der Waals surface area contributed by atoms with E-state index in [9.17, 15) is 14.7 Å². The Kier molecular flexibility index (Phi) is 6.90. The van der Waals surface area contributed by atoms with Crippen LogP contribution in [-0.2, 0) is 0 Å². The standard InChI is InChI=1S/C26H29NO5/c1-2-3-4-7-17-31-19-13-11-18(12-14-19)23-22-24(29)20-9-5-6-10-21(20)32-25(22)26(30)27(23)15-8-16-28/h5-6,9-14,23,28H,2-4,7-8,15-17H2,1H3/t23-/m0/s1. The Hall–Kier alpha value is -3.12. The van der Waals surface area contributed by atoms with Crippen LogP contribution in [0.15, 0.2) is 57.7 Å². The number of aliphatic hydroxyl groups is 1. The van der Waals surface area contributed by atoms with Gasteiger partial charge in [-0.2, -0.15) is 0 Å². The molecule has 1 aliphatic heterocycles. The highest BCUT2D eigenvalue weighted by Crippen LogP contribution is 2.38. The van der Waals surface area contributed by atoms with Gasteiger partial charge in [0.15, 0.2) is 5.43 Å². The third-order valence-corrected chi connectivity index (χ3v) is 5.89. The Bertz CT molecular complexity index is 1140. The number of unbranched alkanes of at least 4 members (excludes halogenated alkanes) is 3. The largest absolute Gasteiger partial charge is 0.494 e. The van der Waals surface area contributed by atoms with Crippen molar-refractivity contribution in [2.75, 3.05) is 19.8 Å². The van der Waals surface area contributed by atoms with E-state index in [2.05, 4.69) is 6.92 Å². The first-order valence-electron chi connectivity index (χ1n) is 11.4. The number of rotatable bonds is 10. The maximum Gasteiger partial charge on any atom is 0.290 e. The van der Waals surface area contributed by atoms with Gasteiger partial charge in [-0.25, -0.2) is 0 Å². The highest BCUT2D eigenvalue weighted by atomic mass is 16.5. The number of fused-ring (bicyclic) bond motifs is 2. The van der Waals surface area contributed by atoms with Crippen LogP contribution >= 0.6 is 0 Å². The summed E-state index contributed by atoms with van der Waals surface area (Å²) >= 11 is 0. The molecule has 1 aliphatic rings. The zero-order valence-corrected chi connectivity index (χ0v) is 18.4. The van der Waals surface area contributed by atoms with E-state index in [1.54, 1.807) is 29.2 Å². The molecular formula is C26H29NO5. The van der Waals surface area contributed by atoms with Gasteiger partial charge < -0.3 is 19.2 Å². The number of carbonyl (C=O) groups excluding carboxylic acids is 1. The molecule has 1 N–H and O–H groups in total. The van der Waals surface area contributed by atoms with Crippen molar-refractivity contribution in [1.82, 2.24) is 4.90 Å². The molecule has 0 spiro atoms. The van der Waals surface area contributed by atoms with Crippen LogP contribution in [0.4, 0.5) is 0 Å². The van der Waals surface area contributed by atoms with Gasteiger partial charge >= 0.3 is 0 Å². The molecular weight excluding hydrogens is 406 g/mol. The van der Waals surface area contributed by atoms with Crippen LogP contribution in [0.5, 0.6) is 5.75 Å². The number of para-hydroxylation sites is 1. The maximum atomic E-state index is 13.4. The van der Waals surface area contributed by atoms with Gasteiger partial charge in [-0.15, -0.1) is 0 Å². The molecule has 3 aromatic rings. The van der Waals surface area contributed by atoms with Crippen molar-refractivity contribution < 1.29 is 19.1 Å². The van der Waals surface area contributed by atoms with E-state index in [1.807, 2.05) is 24.3 Å². The number of ether oxygens (including phenoxy) is 1. The number of hydrogen-bond acceptors (Lipinski definition) is 5. The van der Waals surface area contributed by atoms with Crippen LogP contribution in [0.2, 0.25) is 0 Å². The first-order valence-corrected chi connectivity index (χ1v) is 11.4. The van der Waals surface area contributed by atoms with Crippen molar-refractivity contribution in [3.63, 3.8) is 0 Å². The predicted molar refractivity (Wildman–Crippen MR) is 123 cm³/mol. The van der Waals surface area contributed by atoms with Gasteiger partial charge in [0.25, 0.3) is 5.91 Å². The second kappa shape index (κ2) is 10.0. The van der Waals surface area contributed by atoms with E-state index < -0.39 is 6.04 Å². The molecule has 0 aliphatic carbocycles. The molecule has 0 fully saturated rings. The molecule has 0 unspecified atom stereocenters. The topological polar surface area (TPSA) is 80.0 Å². The van der Waals surface area contributed by atoms with Gasteiger partial charge in [0, 0.05) is 13.2 Å². The van der Waals surface area contributed by atoms with Crippen molar-refractivity contribution >= 4 is 16.9 Å². The molecule has 1 atom stereocenters. The van der Waals surface area contributed by atoms with Gasteiger partial charge in [-0.3, -0.25) is 9.59 Å². The summed E-state index contributed by atoms with van der Waals surface area (Å²) in [4.78, 5) is 28.1. The average Bonchev–Trinajstić information content (AvgIpc) is 3.10. The molecule has 0 radical (unpaired) electrons. The summed E-state index contributed by atoms with van der Waals surface area (Å²) in [5.41, 5.74) is 1.39. The van der Waals surface area contributed by atoms with Crippen LogP contribution in [-0.4, -0.2) is 35.7 Å². The van der Waals surface area contributed by atoms with E-state index in [0.717, 1.165) is 24.2 Å². The minimum atomic E-state index is -0.552. The lowest BCUT2D eigenvalue weighted by Gasteiger charge is -2.25. The highest BCUT2D eigenvalue weighted by molar-refractivity contribution is 5.99. The molecule has 0 bridgehead atoms. The van der Waals surface area contributed by atoms with E-state index in [4.69, 9.17) is 9.15 Å². The van der Waals surface area contributed by atoms with Gasteiger partial charge in [0.2, 0.25) is 5.76 Å². The van der Waals surface area contributed by atoms with E-state index in [0.29, 0.717) is 36.1 Å². The molecule has 2 heterocycles. The molecule has 2 aromatic carbocycles. The number of carbonyl (C=O) groups is 1. The molecule has 1 amide bonds. The molecule has 168 valence electrons. The third kappa shape index (κ3) is 4.28. The van der Waals surface area contributed by atoms with E-state index >= 15 is 0 Å². The Morgan fingerprint density at radius 3 is 2.53 bits per heavy atom. The lowest BCUT2D eigenvalue weighted by Crippen LogP contribution is -2.31. The summed E-state index contributed by atoms with van der Waals surface area (Å²) in [6.07, 6.45) is 4.98. The first kappa shape index (κ1) is 22.1. The summed E-state index contributed by atoms with van der Waals surface area (Å²) < 4.78 is 11.7. The fourth-order valence-corrected chi connectivity index (χ4v) is 4.25. The van der Waals surface area contributed by atoms with E-state index in [1.165, 1.54) is 12.8 Å². The van der Waals surface area contributed by atoms with Gasteiger partial charge in [-0.1, -0.05) is 50.5 Å². The second-order valence-corrected chi connectivity index (χ2v) is 8.13. The zero-order chi connectivity index (χ0) is 22.5. The Morgan fingerprint density at radius 2 is 1.78 bits per heavy atom. The van der Waals surface area contributed by atoms with Crippen molar-refractivity contribution in [1.29, 1.82) is 0 Å². The Balaban J connectivity index is 1.66. The average molecular weight is 436 g/mol. The minimum absolute atomic E-state index is 0.0407. The van der Waals surface area contributed by atoms with Crippen LogP contribution in [0.1, 0.15) is 66.8 Å². The van der Waals surface area contributed by atoms with Crippen molar-refractivity contribution in [3.05, 3.63) is 75.6 Å². The lowest BCUT2D eigenvalue weighted by atomic mass is 9.98. The van der Waals surface area contributed by atoms with Crippen molar-refractivity contribution in [2.24, 2.45) is 0 Å². The Labute approximate surface area is 187 Å². The first-order chi connectivity index (χ1) is 15.7. The molecule has 1 aromatic heterocycles. The maximum absolute atomic E-state index is 13.4. The number of nitrogens with zero attached hydrogens (tertiary/aromatic N) is 1. The summed E-state index contributed by atoms with van der Waals surface area (Å²) in [7, 11) is 0. The normalized spacial score (nSPS) is 15.4. The lowest BCUT2D eigenvalue weighted by molar-refractivity contribution is 0.0716. The monoisotopic (exact) mass is 435 g/mol. The van der Waals surface area contributed by atoms with Gasteiger partial charge in [-0.05, 0) is 42.7 Å². The van der Waals surface area contributed by atoms with Crippen LogP contribution < -0.4 is 10.2 Å². The number of amides is 1. The van der Waals surface area contributed by atoms with Crippen LogP contribution in [0.3, 0.4) is 0 Å². The second-order valence-electron chi connectivity index (χ2n) is 8.13. The van der Waals surface area contributed by atoms with Crippen molar-refractivity contribution in [3.8, 4) is 5.75 Å². The molecule has 32 heavy (non-hydrogen) atoms. The molecule has 6 nitrogen and oxygen atoms in total.